The molecule has 200 valence electrons. The number of rotatable bonds is 16. The van der Waals surface area contributed by atoms with Crippen molar-refractivity contribution in [2.75, 3.05) is 26.4 Å². The Hall–Kier alpha value is -1.99. The van der Waals surface area contributed by atoms with Crippen LogP contribution in [0.25, 0.3) is 0 Å². The van der Waals surface area contributed by atoms with E-state index in [2.05, 4.69) is 5.32 Å². The first kappa shape index (κ1) is 32.0. The third-order valence-corrected chi connectivity index (χ3v) is 4.53. The van der Waals surface area contributed by atoms with Crippen LogP contribution in [0.15, 0.2) is 0 Å². The summed E-state index contributed by atoms with van der Waals surface area (Å²) in [5.41, 5.74) is 0. The van der Waals surface area contributed by atoms with E-state index < -0.39 is 99.1 Å². The van der Waals surface area contributed by atoms with E-state index in [0.717, 1.165) is 0 Å². The molecule has 0 aliphatic carbocycles. The summed E-state index contributed by atoms with van der Waals surface area (Å²) in [4.78, 5) is 35.5. The van der Waals surface area contributed by atoms with Gasteiger partial charge in [0.1, 0.15) is 49.8 Å². The van der Waals surface area contributed by atoms with Gasteiger partial charge in [0, 0.05) is 6.42 Å². The van der Waals surface area contributed by atoms with Crippen LogP contribution in [0.2, 0.25) is 0 Å². The molecule has 16 heteroatoms. The molecule has 0 aromatic heterocycles. The topological polar surface area (TPSA) is 284 Å². The predicted octanol–water partition coefficient (Wildman–Crippen LogP) is -7.16. The van der Waals surface area contributed by atoms with Crippen molar-refractivity contribution in [3.63, 3.8) is 0 Å². The lowest BCUT2D eigenvalue weighted by Crippen LogP contribution is -2.51. The summed E-state index contributed by atoms with van der Waals surface area (Å²) in [7, 11) is 0. The Labute approximate surface area is 193 Å². The fourth-order valence-corrected chi connectivity index (χ4v) is 2.32. The van der Waals surface area contributed by atoms with Crippen LogP contribution in [0.5, 0.6) is 0 Å². The van der Waals surface area contributed by atoms with Crippen molar-refractivity contribution in [2.45, 2.75) is 68.2 Å². The molecule has 0 radical (unpaired) electrons. The maximum absolute atomic E-state index is 11.9. The number of aliphatic hydroxyl groups excluding tert-OH is 10. The minimum absolute atomic E-state index is 0.0441. The van der Waals surface area contributed by atoms with Crippen LogP contribution >= 0.6 is 0 Å². The van der Waals surface area contributed by atoms with E-state index in [1.807, 2.05) is 0 Å². The molecule has 11 N–H and O–H groups in total. The molecule has 0 aromatic carbocycles. The smallest absolute Gasteiger partial charge is 0.337 e. The van der Waals surface area contributed by atoms with Crippen molar-refractivity contribution >= 4 is 17.8 Å². The number of hydrogen-bond donors (Lipinski definition) is 11. The second-order valence-corrected chi connectivity index (χ2v) is 7.23. The summed E-state index contributed by atoms with van der Waals surface area (Å²) in [5.74, 6) is -3.60. The van der Waals surface area contributed by atoms with E-state index in [9.17, 15) is 55.2 Å². The molecule has 0 aliphatic rings. The zero-order valence-corrected chi connectivity index (χ0v) is 18.2. The first-order valence-electron chi connectivity index (χ1n) is 10.1. The quantitative estimate of drug-likeness (QED) is 0.0872. The van der Waals surface area contributed by atoms with Gasteiger partial charge in [-0.1, -0.05) is 6.92 Å². The molecule has 0 bridgehead atoms. The maximum Gasteiger partial charge on any atom is 0.337 e. The van der Waals surface area contributed by atoms with Crippen LogP contribution in [0.3, 0.4) is 0 Å². The second kappa shape index (κ2) is 15.8. The van der Waals surface area contributed by atoms with E-state index in [1.54, 1.807) is 0 Å². The van der Waals surface area contributed by atoms with Crippen LogP contribution in [-0.4, -0.2) is 150 Å². The van der Waals surface area contributed by atoms with E-state index in [4.69, 9.17) is 19.7 Å². The van der Waals surface area contributed by atoms with Crippen molar-refractivity contribution in [1.29, 1.82) is 0 Å². The minimum atomic E-state index is -2.36. The number of hydrogen-bond acceptors (Lipinski definition) is 15. The highest BCUT2D eigenvalue weighted by molar-refractivity contribution is 5.77. The zero-order valence-electron chi connectivity index (χ0n) is 18.2. The first-order chi connectivity index (χ1) is 15.8. The molecular formula is C18H33NO15. The number of ether oxygens (including phenoxy) is 2. The fourth-order valence-electron chi connectivity index (χ4n) is 2.32. The summed E-state index contributed by atoms with van der Waals surface area (Å²) < 4.78 is 9.40. The predicted molar refractivity (Wildman–Crippen MR) is 106 cm³/mol. The van der Waals surface area contributed by atoms with Gasteiger partial charge in [-0.05, 0) is 0 Å². The van der Waals surface area contributed by atoms with Crippen LogP contribution < -0.4 is 5.32 Å². The molecule has 0 heterocycles. The van der Waals surface area contributed by atoms with E-state index in [0.29, 0.717) is 0 Å². The van der Waals surface area contributed by atoms with Crippen molar-refractivity contribution in [1.82, 2.24) is 5.32 Å². The molecule has 0 unspecified atom stereocenters. The van der Waals surface area contributed by atoms with Gasteiger partial charge in [-0.15, -0.1) is 0 Å². The molecule has 0 aliphatic heterocycles. The molecule has 0 fully saturated rings. The average molecular weight is 503 g/mol. The van der Waals surface area contributed by atoms with Gasteiger partial charge >= 0.3 is 11.9 Å². The van der Waals surface area contributed by atoms with Crippen molar-refractivity contribution < 1.29 is 74.9 Å². The summed E-state index contributed by atoms with van der Waals surface area (Å²) in [6, 6.07) is -1.25. The van der Waals surface area contributed by atoms with Gasteiger partial charge in [0.2, 0.25) is 5.91 Å². The highest BCUT2D eigenvalue weighted by Gasteiger charge is 2.37. The molecule has 0 aromatic rings. The normalized spacial score (nSPS) is 18.7. The van der Waals surface area contributed by atoms with Crippen molar-refractivity contribution in [2.24, 2.45) is 0 Å². The first-order valence-corrected chi connectivity index (χ1v) is 10.1. The molecule has 1 amide bonds. The molecule has 0 spiro atoms. The summed E-state index contributed by atoms with van der Waals surface area (Å²) in [6.07, 6.45) is -17.2. The van der Waals surface area contributed by atoms with Crippen LogP contribution in [0.1, 0.15) is 13.3 Å². The van der Waals surface area contributed by atoms with Gasteiger partial charge in [0.15, 0.2) is 12.2 Å². The third kappa shape index (κ3) is 10.1. The zero-order chi connectivity index (χ0) is 26.6. The number of esters is 2. The fraction of sp³-hybridized carbons (Fsp3) is 0.833. The number of carbonyl (C=O) groups is 3. The lowest BCUT2D eigenvalue weighted by molar-refractivity contribution is -0.174. The summed E-state index contributed by atoms with van der Waals surface area (Å²) in [5, 5.41) is 96.2. The lowest BCUT2D eigenvalue weighted by Gasteiger charge is -2.26. The summed E-state index contributed by atoms with van der Waals surface area (Å²) >= 11 is 0. The third-order valence-electron chi connectivity index (χ3n) is 4.53. The largest absolute Gasteiger partial charge is 0.461 e. The molecule has 0 saturated carbocycles. The Morgan fingerprint density at radius 3 is 1.32 bits per heavy atom. The Balaban J connectivity index is 5.02. The Bertz CT molecular complexity index is 590. The van der Waals surface area contributed by atoms with Crippen LogP contribution in [0.4, 0.5) is 0 Å². The minimum Gasteiger partial charge on any atom is -0.461 e. The van der Waals surface area contributed by atoms with E-state index >= 15 is 0 Å². The molecular weight excluding hydrogens is 470 g/mol. The molecule has 34 heavy (non-hydrogen) atoms. The average Bonchev–Trinajstić information content (AvgIpc) is 2.85. The van der Waals surface area contributed by atoms with Gasteiger partial charge in [-0.3, -0.25) is 4.79 Å². The highest BCUT2D eigenvalue weighted by Crippen LogP contribution is 2.09. The number of amides is 1. The number of nitrogens with one attached hydrogen (secondary N) is 1. The van der Waals surface area contributed by atoms with Crippen molar-refractivity contribution in [3.8, 4) is 0 Å². The lowest BCUT2D eigenvalue weighted by atomic mass is 10.0. The standard InChI is InChI=1S/C18H33NO15/c1-2-10(24)19-7(5-33-17(31)15(29)13(27)11(25)8(22)3-20)6-34-18(32)16(30)14(28)12(26)9(23)4-21/h7-9,11-16,20-23,25-30H,2-6H2,1H3,(H,19,24)/t8-,9-,11-,12-,13+,14+,15-,16-/m1/s1. The van der Waals surface area contributed by atoms with E-state index in [1.165, 1.54) is 6.92 Å². The van der Waals surface area contributed by atoms with Crippen LogP contribution in [0, 0.1) is 0 Å². The Morgan fingerprint density at radius 1 is 0.676 bits per heavy atom. The molecule has 16 nitrogen and oxygen atoms in total. The Morgan fingerprint density at radius 2 is 1.03 bits per heavy atom. The van der Waals surface area contributed by atoms with E-state index in [-0.39, 0.29) is 6.42 Å². The molecule has 0 saturated heterocycles. The second-order valence-electron chi connectivity index (χ2n) is 7.23. The van der Waals surface area contributed by atoms with Gasteiger partial charge in [-0.25, -0.2) is 9.59 Å². The van der Waals surface area contributed by atoms with Gasteiger partial charge in [0.05, 0.1) is 19.3 Å². The highest BCUT2D eigenvalue weighted by atomic mass is 16.6. The Kier molecular flexibility index (Phi) is 14.9. The van der Waals surface area contributed by atoms with Gasteiger partial charge in [0.25, 0.3) is 0 Å². The summed E-state index contributed by atoms with van der Waals surface area (Å²) in [6.45, 7) is -1.98. The molecule has 8 atom stereocenters. The van der Waals surface area contributed by atoms with Crippen LogP contribution in [-0.2, 0) is 23.9 Å². The SMILES string of the molecule is CCC(=O)NC(COC(=O)[C@H](O)[C@@H](O)[C@H](O)[C@H](O)CO)COC(=O)[C@H](O)[C@@H](O)[C@H](O)[C@H](O)CO. The van der Waals surface area contributed by atoms with Gasteiger partial charge in [-0.2, -0.15) is 0 Å². The molecule has 0 rings (SSSR count). The van der Waals surface area contributed by atoms with Crippen molar-refractivity contribution in [3.05, 3.63) is 0 Å². The monoisotopic (exact) mass is 503 g/mol. The number of aliphatic hydroxyl groups is 10. The van der Waals surface area contributed by atoms with Gasteiger partial charge < -0.3 is 65.9 Å². The maximum atomic E-state index is 11.9. The number of carbonyl (C=O) groups excluding carboxylic acids is 3.